The van der Waals surface area contributed by atoms with Crippen molar-refractivity contribution in [2.75, 3.05) is 0 Å². The Morgan fingerprint density at radius 1 is 1.25 bits per heavy atom. The first-order valence-electron chi connectivity index (χ1n) is 7.96. The number of aliphatic carboxylic acids is 1. The van der Waals surface area contributed by atoms with E-state index in [-0.39, 0.29) is 23.8 Å². The molecule has 0 aromatic rings. The summed E-state index contributed by atoms with van der Waals surface area (Å²) in [6.45, 7) is 4.31. The zero-order valence-electron chi connectivity index (χ0n) is 12.7. The molecule has 0 bridgehead atoms. The molecule has 0 aromatic heterocycles. The molecular weight excluding hydrogens is 254 g/mol. The molecule has 1 atom stereocenters. The molecule has 2 N–H and O–H groups in total. The molecule has 0 radical (unpaired) electrons. The monoisotopic (exact) mass is 281 g/mol. The van der Waals surface area contributed by atoms with Crippen LogP contribution in [0.1, 0.15) is 65.2 Å². The van der Waals surface area contributed by atoms with Gasteiger partial charge in [0.15, 0.2) is 0 Å². The van der Waals surface area contributed by atoms with Crippen molar-refractivity contribution >= 4 is 11.9 Å². The summed E-state index contributed by atoms with van der Waals surface area (Å²) in [5, 5.41) is 12.1. The zero-order chi connectivity index (χ0) is 14.8. The third-order valence-corrected chi connectivity index (χ3v) is 4.74. The smallest absolute Gasteiger partial charge is 0.305 e. The Morgan fingerprint density at radius 2 is 1.85 bits per heavy atom. The molecule has 0 spiro atoms. The molecule has 0 saturated heterocycles. The fourth-order valence-corrected chi connectivity index (χ4v) is 3.70. The number of carboxylic acid groups (broad SMARTS) is 1. The van der Waals surface area contributed by atoms with Crippen LogP contribution in [-0.4, -0.2) is 23.0 Å². The van der Waals surface area contributed by atoms with Gasteiger partial charge in [-0.2, -0.15) is 0 Å². The van der Waals surface area contributed by atoms with Crippen molar-refractivity contribution in [2.24, 2.45) is 17.3 Å². The normalized spacial score (nSPS) is 22.8. The second-order valence-electron chi connectivity index (χ2n) is 7.10. The van der Waals surface area contributed by atoms with Crippen LogP contribution in [0.25, 0.3) is 0 Å². The Kier molecular flexibility index (Phi) is 4.71. The molecule has 2 aliphatic carbocycles. The molecule has 2 saturated carbocycles. The lowest BCUT2D eigenvalue weighted by atomic mass is 9.77. The SMILES string of the molecule is CC(C)CC1(C(=O)NC(CC(=O)O)C2CC2)CCCC1. The van der Waals surface area contributed by atoms with Crippen LogP contribution in [0.2, 0.25) is 0 Å². The summed E-state index contributed by atoms with van der Waals surface area (Å²) in [5.74, 6) is 0.179. The Balaban J connectivity index is 2.01. The molecule has 20 heavy (non-hydrogen) atoms. The minimum atomic E-state index is -0.813. The number of hydrogen-bond donors (Lipinski definition) is 2. The average molecular weight is 281 g/mol. The lowest BCUT2D eigenvalue weighted by molar-refractivity contribution is -0.138. The van der Waals surface area contributed by atoms with Crippen LogP contribution in [0.3, 0.4) is 0 Å². The molecule has 4 nitrogen and oxygen atoms in total. The maximum atomic E-state index is 12.7. The molecule has 1 amide bonds. The number of carbonyl (C=O) groups is 2. The minimum Gasteiger partial charge on any atom is -0.481 e. The van der Waals surface area contributed by atoms with Crippen LogP contribution in [0.4, 0.5) is 0 Å². The minimum absolute atomic E-state index is 0.0637. The maximum absolute atomic E-state index is 12.7. The fraction of sp³-hybridized carbons (Fsp3) is 0.875. The van der Waals surface area contributed by atoms with E-state index in [4.69, 9.17) is 5.11 Å². The predicted molar refractivity (Wildman–Crippen MR) is 77.3 cm³/mol. The molecule has 114 valence electrons. The number of rotatable bonds is 7. The van der Waals surface area contributed by atoms with E-state index in [2.05, 4.69) is 19.2 Å². The lowest BCUT2D eigenvalue weighted by Gasteiger charge is -2.31. The van der Waals surface area contributed by atoms with Gasteiger partial charge in [0.05, 0.1) is 6.42 Å². The van der Waals surface area contributed by atoms with Crippen molar-refractivity contribution in [2.45, 2.75) is 71.3 Å². The van der Waals surface area contributed by atoms with Crippen LogP contribution in [0.5, 0.6) is 0 Å². The number of carbonyl (C=O) groups excluding carboxylic acids is 1. The van der Waals surface area contributed by atoms with Gasteiger partial charge in [0, 0.05) is 11.5 Å². The van der Waals surface area contributed by atoms with Gasteiger partial charge in [0.2, 0.25) is 5.91 Å². The van der Waals surface area contributed by atoms with Gasteiger partial charge < -0.3 is 10.4 Å². The third-order valence-electron chi connectivity index (χ3n) is 4.74. The largest absolute Gasteiger partial charge is 0.481 e. The first-order valence-corrected chi connectivity index (χ1v) is 7.96. The maximum Gasteiger partial charge on any atom is 0.305 e. The number of hydrogen-bond acceptors (Lipinski definition) is 2. The summed E-state index contributed by atoms with van der Waals surface area (Å²) in [6, 6.07) is -0.162. The van der Waals surface area contributed by atoms with Crippen molar-refractivity contribution in [1.29, 1.82) is 0 Å². The van der Waals surface area contributed by atoms with Gasteiger partial charge in [-0.3, -0.25) is 9.59 Å². The number of carboxylic acids is 1. The van der Waals surface area contributed by atoms with Crippen LogP contribution < -0.4 is 5.32 Å². The van der Waals surface area contributed by atoms with Crippen LogP contribution >= 0.6 is 0 Å². The summed E-state index contributed by atoms with van der Waals surface area (Å²) in [4.78, 5) is 23.7. The highest BCUT2D eigenvalue weighted by atomic mass is 16.4. The Bertz CT molecular complexity index is 368. The van der Waals surface area contributed by atoms with E-state index in [1.54, 1.807) is 0 Å². The van der Waals surface area contributed by atoms with Gasteiger partial charge >= 0.3 is 5.97 Å². The Labute approximate surface area is 121 Å². The van der Waals surface area contributed by atoms with E-state index in [0.717, 1.165) is 44.9 Å². The molecule has 0 aromatic carbocycles. The van der Waals surface area contributed by atoms with E-state index in [1.807, 2.05) is 0 Å². The van der Waals surface area contributed by atoms with Gasteiger partial charge in [0.25, 0.3) is 0 Å². The van der Waals surface area contributed by atoms with E-state index >= 15 is 0 Å². The molecular formula is C16H27NO3. The first kappa shape index (κ1) is 15.3. The second kappa shape index (κ2) is 6.15. The first-order chi connectivity index (χ1) is 9.43. The van der Waals surface area contributed by atoms with Crippen LogP contribution in [0, 0.1) is 17.3 Å². The van der Waals surface area contributed by atoms with Crippen molar-refractivity contribution in [3.05, 3.63) is 0 Å². The topological polar surface area (TPSA) is 66.4 Å². The van der Waals surface area contributed by atoms with Gasteiger partial charge in [0.1, 0.15) is 0 Å². The zero-order valence-corrected chi connectivity index (χ0v) is 12.7. The summed E-state index contributed by atoms with van der Waals surface area (Å²) in [6.07, 6.45) is 7.24. The van der Waals surface area contributed by atoms with E-state index < -0.39 is 5.97 Å². The van der Waals surface area contributed by atoms with E-state index in [1.165, 1.54) is 0 Å². The average Bonchev–Trinajstić information content (AvgIpc) is 3.08. The van der Waals surface area contributed by atoms with Crippen LogP contribution in [-0.2, 0) is 9.59 Å². The standard InChI is InChI=1S/C16H27NO3/c1-11(2)10-16(7-3-4-8-16)15(20)17-13(9-14(18)19)12-5-6-12/h11-13H,3-10H2,1-2H3,(H,17,20)(H,18,19). The molecule has 2 fully saturated rings. The highest BCUT2D eigenvalue weighted by Crippen LogP contribution is 2.44. The lowest BCUT2D eigenvalue weighted by Crippen LogP contribution is -2.46. The summed E-state index contributed by atoms with van der Waals surface area (Å²) in [7, 11) is 0. The second-order valence-corrected chi connectivity index (χ2v) is 7.10. The summed E-state index contributed by atoms with van der Waals surface area (Å²) < 4.78 is 0. The van der Waals surface area contributed by atoms with Gasteiger partial charge in [-0.1, -0.05) is 26.7 Å². The molecule has 2 rings (SSSR count). The van der Waals surface area contributed by atoms with Crippen molar-refractivity contribution in [1.82, 2.24) is 5.32 Å². The quantitative estimate of drug-likeness (QED) is 0.754. The van der Waals surface area contributed by atoms with Gasteiger partial charge in [-0.15, -0.1) is 0 Å². The van der Waals surface area contributed by atoms with Gasteiger partial charge in [-0.25, -0.2) is 0 Å². The molecule has 4 heteroatoms. The fourth-order valence-electron chi connectivity index (χ4n) is 3.70. The molecule has 0 aliphatic heterocycles. The molecule has 1 unspecified atom stereocenters. The predicted octanol–water partition coefficient (Wildman–Crippen LogP) is 2.96. The summed E-state index contributed by atoms with van der Waals surface area (Å²) >= 11 is 0. The molecule has 2 aliphatic rings. The number of nitrogens with one attached hydrogen (secondary N) is 1. The Morgan fingerprint density at radius 3 is 2.30 bits per heavy atom. The van der Waals surface area contributed by atoms with Crippen molar-refractivity contribution < 1.29 is 14.7 Å². The van der Waals surface area contributed by atoms with Crippen LogP contribution in [0.15, 0.2) is 0 Å². The van der Waals surface area contributed by atoms with Crippen molar-refractivity contribution in [3.63, 3.8) is 0 Å². The van der Waals surface area contributed by atoms with Gasteiger partial charge in [-0.05, 0) is 43.9 Å². The van der Waals surface area contributed by atoms with Crippen molar-refractivity contribution in [3.8, 4) is 0 Å². The van der Waals surface area contributed by atoms with E-state index in [0.29, 0.717) is 11.8 Å². The molecule has 0 heterocycles. The summed E-state index contributed by atoms with van der Waals surface area (Å²) in [5.41, 5.74) is -0.236. The highest BCUT2D eigenvalue weighted by Gasteiger charge is 2.43. The number of amides is 1. The highest BCUT2D eigenvalue weighted by molar-refractivity contribution is 5.83. The third kappa shape index (κ3) is 3.74. The Hall–Kier alpha value is -1.06. The van der Waals surface area contributed by atoms with E-state index in [9.17, 15) is 9.59 Å².